The number of nitrogens with one attached hydrogen (secondary N) is 3. The largest absolute Gasteiger partial charge is 0.359 e. The van der Waals surface area contributed by atoms with Crippen LogP contribution in [0, 0.1) is 10.1 Å². The molecule has 0 radical (unpaired) electrons. The number of likely N-dealkylation sites (tertiary alicyclic amines) is 1. The number of quaternary nitrogens is 1. The van der Waals surface area contributed by atoms with Crippen molar-refractivity contribution in [3.63, 3.8) is 0 Å². The number of hydrogen-bond acceptors (Lipinski definition) is 3. The summed E-state index contributed by atoms with van der Waals surface area (Å²) in [5.41, 5.74) is 2.20. The van der Waals surface area contributed by atoms with Gasteiger partial charge in [-0.2, -0.15) is 0 Å². The molecule has 1 aliphatic heterocycles. The normalized spacial score (nSPS) is 19.5. The number of nitro benzene ring substituents is 1. The SMILES string of the molecule is O=[N+]([O-])c1ccc(NC(=S)NC2CC[NH+](Cc3ccccc3)CC2)cc1. The maximum atomic E-state index is 10.7. The highest BCUT2D eigenvalue weighted by Gasteiger charge is 2.22. The van der Waals surface area contributed by atoms with E-state index in [0.717, 1.165) is 38.2 Å². The van der Waals surface area contributed by atoms with Crippen molar-refractivity contribution >= 4 is 28.7 Å². The molecule has 1 heterocycles. The van der Waals surface area contributed by atoms with Crippen molar-refractivity contribution < 1.29 is 9.82 Å². The third-order valence-corrected chi connectivity index (χ3v) is 4.88. The lowest BCUT2D eigenvalue weighted by Crippen LogP contribution is -3.12. The summed E-state index contributed by atoms with van der Waals surface area (Å²) in [7, 11) is 0. The standard InChI is InChI=1S/C19H22N4O2S/c24-23(25)18-8-6-16(7-9-18)20-19(26)21-17-10-12-22(13-11-17)14-15-4-2-1-3-5-15/h1-9,17H,10-14H2,(H2,20,21,26)/p+1. The molecule has 1 fully saturated rings. The third-order valence-electron chi connectivity index (χ3n) is 4.66. The minimum absolute atomic E-state index is 0.0724. The zero-order chi connectivity index (χ0) is 18.4. The molecule has 0 unspecified atom stereocenters. The molecule has 2 aromatic carbocycles. The van der Waals surface area contributed by atoms with Crippen molar-refractivity contribution in [1.29, 1.82) is 0 Å². The minimum Gasteiger partial charge on any atom is -0.359 e. The Bertz CT molecular complexity index is 744. The molecule has 0 aromatic heterocycles. The van der Waals surface area contributed by atoms with Crippen molar-refractivity contribution in [1.82, 2.24) is 5.32 Å². The molecule has 0 atom stereocenters. The van der Waals surface area contributed by atoms with Crippen molar-refractivity contribution in [2.45, 2.75) is 25.4 Å². The van der Waals surface area contributed by atoms with Gasteiger partial charge in [0, 0.05) is 42.3 Å². The van der Waals surface area contributed by atoms with E-state index in [1.165, 1.54) is 17.7 Å². The fourth-order valence-electron chi connectivity index (χ4n) is 3.25. The van der Waals surface area contributed by atoms with Crippen LogP contribution in [0.25, 0.3) is 0 Å². The zero-order valence-electron chi connectivity index (χ0n) is 14.5. The highest BCUT2D eigenvalue weighted by molar-refractivity contribution is 7.80. The lowest BCUT2D eigenvalue weighted by Gasteiger charge is -2.30. The highest BCUT2D eigenvalue weighted by Crippen LogP contribution is 2.15. The number of nitro groups is 1. The fraction of sp³-hybridized carbons (Fsp3) is 0.316. The van der Waals surface area contributed by atoms with E-state index in [2.05, 4.69) is 34.9 Å². The molecule has 1 saturated heterocycles. The number of anilines is 1. The predicted octanol–water partition coefficient (Wildman–Crippen LogP) is 2.13. The number of piperidine rings is 1. The molecule has 3 rings (SSSR count). The van der Waals surface area contributed by atoms with E-state index in [0.29, 0.717) is 11.2 Å². The maximum absolute atomic E-state index is 10.7. The Balaban J connectivity index is 1.42. The van der Waals surface area contributed by atoms with E-state index in [4.69, 9.17) is 12.2 Å². The van der Waals surface area contributed by atoms with Gasteiger partial charge in [-0.1, -0.05) is 30.3 Å². The number of benzene rings is 2. The van der Waals surface area contributed by atoms with Crippen LogP contribution < -0.4 is 15.5 Å². The third kappa shape index (κ3) is 5.24. The second-order valence-electron chi connectivity index (χ2n) is 6.59. The van der Waals surface area contributed by atoms with Crippen molar-refractivity contribution in [3.8, 4) is 0 Å². The first kappa shape index (κ1) is 18.3. The molecular formula is C19H23N4O2S+. The molecule has 0 amide bonds. The van der Waals surface area contributed by atoms with Crippen LogP contribution >= 0.6 is 12.2 Å². The van der Waals surface area contributed by atoms with Gasteiger partial charge >= 0.3 is 0 Å². The second-order valence-corrected chi connectivity index (χ2v) is 7.00. The molecule has 0 bridgehead atoms. The van der Waals surface area contributed by atoms with Crippen molar-refractivity contribution in [3.05, 3.63) is 70.3 Å². The molecule has 0 aliphatic carbocycles. The molecule has 1 aliphatic rings. The van der Waals surface area contributed by atoms with E-state index >= 15 is 0 Å². The van der Waals surface area contributed by atoms with E-state index in [1.54, 1.807) is 17.0 Å². The van der Waals surface area contributed by atoms with Crippen LogP contribution in [-0.4, -0.2) is 29.2 Å². The zero-order valence-corrected chi connectivity index (χ0v) is 15.3. The smallest absolute Gasteiger partial charge is 0.269 e. The van der Waals surface area contributed by atoms with E-state index in [9.17, 15) is 10.1 Å². The number of rotatable bonds is 5. The number of hydrogen-bond donors (Lipinski definition) is 3. The van der Waals surface area contributed by atoms with Crippen LogP contribution in [0.5, 0.6) is 0 Å². The second kappa shape index (κ2) is 8.73. The Labute approximate surface area is 158 Å². The maximum Gasteiger partial charge on any atom is 0.269 e. The monoisotopic (exact) mass is 371 g/mol. The van der Waals surface area contributed by atoms with Crippen LogP contribution in [0.4, 0.5) is 11.4 Å². The first-order chi connectivity index (χ1) is 12.6. The van der Waals surface area contributed by atoms with E-state index in [1.807, 2.05) is 6.07 Å². The van der Waals surface area contributed by atoms with E-state index in [-0.39, 0.29) is 5.69 Å². The quantitative estimate of drug-likeness (QED) is 0.427. The molecule has 3 N–H and O–H groups in total. The topological polar surface area (TPSA) is 71.6 Å². The molecule has 136 valence electrons. The summed E-state index contributed by atoms with van der Waals surface area (Å²) in [6.45, 7) is 3.30. The van der Waals surface area contributed by atoms with Crippen LogP contribution in [0.3, 0.4) is 0 Å². The average Bonchev–Trinajstić information content (AvgIpc) is 2.64. The van der Waals surface area contributed by atoms with Crippen LogP contribution in [0.15, 0.2) is 54.6 Å². The first-order valence-electron chi connectivity index (χ1n) is 8.79. The summed E-state index contributed by atoms with van der Waals surface area (Å²) in [6, 6.07) is 17.2. The minimum atomic E-state index is -0.411. The van der Waals surface area contributed by atoms with Crippen molar-refractivity contribution in [2.24, 2.45) is 0 Å². The Morgan fingerprint density at radius 1 is 1.12 bits per heavy atom. The number of thiocarbonyl (C=S) groups is 1. The number of nitrogens with zero attached hydrogens (tertiary/aromatic N) is 1. The lowest BCUT2D eigenvalue weighted by atomic mass is 10.0. The van der Waals surface area contributed by atoms with Crippen LogP contribution in [-0.2, 0) is 6.54 Å². The van der Waals surface area contributed by atoms with Crippen LogP contribution in [0.2, 0.25) is 0 Å². The predicted molar refractivity (Wildman–Crippen MR) is 106 cm³/mol. The summed E-state index contributed by atoms with van der Waals surface area (Å²) in [6.07, 6.45) is 2.15. The van der Waals surface area contributed by atoms with Gasteiger partial charge < -0.3 is 15.5 Å². The van der Waals surface area contributed by atoms with Gasteiger partial charge in [0.1, 0.15) is 6.54 Å². The van der Waals surface area contributed by atoms with Gasteiger partial charge in [0.05, 0.1) is 18.0 Å². The summed E-state index contributed by atoms with van der Waals surface area (Å²) in [5.74, 6) is 0. The Morgan fingerprint density at radius 3 is 2.38 bits per heavy atom. The van der Waals surface area contributed by atoms with Gasteiger partial charge in [-0.25, -0.2) is 0 Å². The molecule has 26 heavy (non-hydrogen) atoms. The Kier molecular flexibility index (Phi) is 6.14. The average molecular weight is 371 g/mol. The molecule has 6 nitrogen and oxygen atoms in total. The number of non-ortho nitro benzene ring substituents is 1. The van der Waals surface area contributed by atoms with Crippen LogP contribution in [0.1, 0.15) is 18.4 Å². The summed E-state index contributed by atoms with van der Waals surface area (Å²) in [5, 5.41) is 17.7. The Hall–Kier alpha value is -2.51. The Morgan fingerprint density at radius 2 is 1.77 bits per heavy atom. The van der Waals surface area contributed by atoms with Gasteiger partial charge in [0.15, 0.2) is 5.11 Å². The highest BCUT2D eigenvalue weighted by atomic mass is 32.1. The lowest BCUT2D eigenvalue weighted by molar-refractivity contribution is -0.918. The molecule has 7 heteroatoms. The summed E-state index contributed by atoms with van der Waals surface area (Å²) < 4.78 is 0. The summed E-state index contributed by atoms with van der Waals surface area (Å²) in [4.78, 5) is 11.9. The van der Waals surface area contributed by atoms with Gasteiger partial charge in [0.2, 0.25) is 0 Å². The van der Waals surface area contributed by atoms with Gasteiger partial charge in [-0.3, -0.25) is 10.1 Å². The van der Waals surface area contributed by atoms with E-state index < -0.39 is 4.92 Å². The molecule has 0 spiro atoms. The van der Waals surface area contributed by atoms with Gasteiger partial charge in [-0.05, 0) is 24.4 Å². The fourth-order valence-corrected chi connectivity index (χ4v) is 3.54. The molecular weight excluding hydrogens is 348 g/mol. The van der Waals surface area contributed by atoms with Crippen molar-refractivity contribution in [2.75, 3.05) is 18.4 Å². The van der Waals surface area contributed by atoms with Gasteiger partial charge in [0.25, 0.3) is 5.69 Å². The molecule has 2 aromatic rings. The summed E-state index contributed by atoms with van der Waals surface area (Å²) >= 11 is 5.37. The first-order valence-corrected chi connectivity index (χ1v) is 9.20. The molecule has 0 saturated carbocycles. The van der Waals surface area contributed by atoms with Gasteiger partial charge in [-0.15, -0.1) is 0 Å².